The van der Waals surface area contributed by atoms with Crippen LogP contribution in [0.3, 0.4) is 0 Å². The van der Waals surface area contributed by atoms with E-state index >= 15 is 0 Å². The Hall–Kier alpha value is -7.42. The summed E-state index contributed by atoms with van der Waals surface area (Å²) in [5, 5.41) is 12.5. The smallest absolute Gasteiger partial charge is 0.0623 e. The van der Waals surface area contributed by atoms with Crippen molar-refractivity contribution in [2.24, 2.45) is 23.7 Å². The monoisotopic (exact) mass is 845 g/mol. The average molecular weight is 846 g/mol. The quantitative estimate of drug-likeness (QED) is 0.154. The zero-order chi connectivity index (χ0) is 44.0. The van der Waals surface area contributed by atoms with Crippen LogP contribution in [0.4, 0.5) is 34.1 Å². The van der Waals surface area contributed by atoms with Gasteiger partial charge in [-0.3, -0.25) is 0 Å². The molecule has 5 aliphatic carbocycles. The summed E-state index contributed by atoms with van der Waals surface area (Å²) in [4.78, 5) is 4.95. The van der Waals surface area contributed by atoms with Crippen molar-refractivity contribution in [2.75, 3.05) is 9.80 Å². The summed E-state index contributed by atoms with van der Waals surface area (Å²) in [6.07, 6.45) is 6.76. The van der Waals surface area contributed by atoms with Gasteiger partial charge in [0.25, 0.3) is 0 Å². The third-order valence-corrected chi connectivity index (χ3v) is 16.8. The largest absolute Gasteiger partial charge is 0.310 e. The number of benzene rings is 11. The molecule has 5 aliphatic rings. The molecule has 66 heavy (non-hydrogen) atoms. The molecule has 2 nitrogen and oxygen atoms in total. The van der Waals surface area contributed by atoms with E-state index in [2.05, 4.69) is 204 Å². The molecule has 4 saturated carbocycles. The van der Waals surface area contributed by atoms with E-state index in [0.29, 0.717) is 17.9 Å². The molecule has 16 rings (SSSR count). The van der Waals surface area contributed by atoms with E-state index in [1.165, 1.54) is 120 Å². The van der Waals surface area contributed by atoms with Crippen molar-refractivity contribution in [3.05, 3.63) is 217 Å². The van der Waals surface area contributed by atoms with Crippen LogP contribution in [-0.2, 0) is 5.41 Å². The van der Waals surface area contributed by atoms with E-state index in [4.69, 9.17) is 1.37 Å². The molecule has 4 bridgehead atoms. The Morgan fingerprint density at radius 1 is 0.364 bits per heavy atom. The standard InChI is InChI=1S/C64H48N2/c1-3-12-48(13-4-1)65(50-25-29-53-45(38-50)20-19-42-11-7-8-16-52(42)53)60-31-23-43-22-28-56-61(32-24-44-21-27-55(60)62(43)63(44)56)66(49-14-5-2-6-15-49)51-26-30-59-57(39-51)54-17-9-10-18-58(54)64(59)46-34-40-33-41(36-46)37-47(64)35-40/h1-32,38-41,46-47H,33-37H2/i10D. The minimum atomic E-state index is 0.0187. The summed E-state index contributed by atoms with van der Waals surface area (Å²) < 4.78 is 8.90. The number of para-hydroxylation sites is 2. The summed E-state index contributed by atoms with van der Waals surface area (Å²) in [5.41, 5.74) is 12.6. The van der Waals surface area contributed by atoms with E-state index < -0.39 is 0 Å². The lowest BCUT2D eigenvalue weighted by Gasteiger charge is -2.61. The lowest BCUT2D eigenvalue weighted by atomic mass is 9.43. The average Bonchev–Trinajstić information content (AvgIpc) is 3.65. The molecule has 11 aromatic rings. The summed E-state index contributed by atoms with van der Waals surface area (Å²) in [6, 6.07) is 75.3. The Balaban J connectivity index is 0.924. The molecule has 314 valence electrons. The van der Waals surface area contributed by atoms with Crippen LogP contribution < -0.4 is 9.80 Å². The number of hydrogen-bond donors (Lipinski definition) is 0. The minimum Gasteiger partial charge on any atom is -0.310 e. The third-order valence-electron chi connectivity index (χ3n) is 16.8. The lowest BCUT2D eigenvalue weighted by molar-refractivity contribution is -0.0399. The maximum absolute atomic E-state index is 8.90. The van der Waals surface area contributed by atoms with Gasteiger partial charge in [0.2, 0.25) is 0 Å². The van der Waals surface area contributed by atoms with Crippen LogP contribution in [0, 0.1) is 23.7 Å². The van der Waals surface area contributed by atoms with Gasteiger partial charge >= 0.3 is 0 Å². The molecule has 0 unspecified atom stereocenters. The van der Waals surface area contributed by atoms with Crippen molar-refractivity contribution in [2.45, 2.75) is 37.5 Å². The van der Waals surface area contributed by atoms with Crippen molar-refractivity contribution in [1.82, 2.24) is 0 Å². The molecule has 0 N–H and O–H groups in total. The fourth-order valence-corrected chi connectivity index (χ4v) is 14.5. The highest BCUT2D eigenvalue weighted by Crippen LogP contribution is 2.69. The Labute approximate surface area is 387 Å². The zero-order valence-corrected chi connectivity index (χ0v) is 36.8. The van der Waals surface area contributed by atoms with Crippen LogP contribution in [0.25, 0.3) is 65.0 Å². The van der Waals surface area contributed by atoms with Crippen LogP contribution in [0.1, 0.15) is 44.6 Å². The maximum atomic E-state index is 8.90. The maximum Gasteiger partial charge on any atom is 0.0623 e. The van der Waals surface area contributed by atoms with Crippen molar-refractivity contribution in [3.63, 3.8) is 0 Å². The van der Waals surface area contributed by atoms with E-state index in [0.717, 1.165) is 34.6 Å². The van der Waals surface area contributed by atoms with Gasteiger partial charge in [0.05, 0.1) is 12.7 Å². The Bertz CT molecular complexity index is 3770. The van der Waals surface area contributed by atoms with E-state index in [1.54, 1.807) is 0 Å². The van der Waals surface area contributed by atoms with E-state index in [-0.39, 0.29) is 5.41 Å². The van der Waals surface area contributed by atoms with Gasteiger partial charge in [-0.1, -0.05) is 146 Å². The van der Waals surface area contributed by atoms with Crippen LogP contribution >= 0.6 is 0 Å². The number of fused-ring (bicyclic) bond motifs is 6. The Morgan fingerprint density at radius 2 is 0.879 bits per heavy atom. The fourth-order valence-electron chi connectivity index (χ4n) is 14.5. The second-order valence-electron chi connectivity index (χ2n) is 20.0. The molecule has 0 amide bonds. The molecule has 1 spiro atoms. The first-order valence-electron chi connectivity index (χ1n) is 24.7. The molecular formula is C64H48N2. The van der Waals surface area contributed by atoms with Gasteiger partial charge in [0.15, 0.2) is 0 Å². The lowest BCUT2D eigenvalue weighted by Crippen LogP contribution is -2.55. The van der Waals surface area contributed by atoms with E-state index in [9.17, 15) is 0 Å². The number of nitrogens with zero attached hydrogens (tertiary/aromatic N) is 2. The molecule has 0 saturated heterocycles. The van der Waals surface area contributed by atoms with Gasteiger partial charge in [-0.15, -0.1) is 0 Å². The van der Waals surface area contributed by atoms with Crippen molar-refractivity contribution in [1.29, 1.82) is 0 Å². The molecule has 4 fully saturated rings. The predicted molar refractivity (Wildman–Crippen MR) is 278 cm³/mol. The van der Waals surface area contributed by atoms with Crippen molar-refractivity contribution in [3.8, 4) is 11.1 Å². The normalized spacial score (nSPS) is 21.6. The van der Waals surface area contributed by atoms with Gasteiger partial charge in [0, 0.05) is 38.9 Å². The van der Waals surface area contributed by atoms with Gasteiger partial charge < -0.3 is 9.80 Å². The number of anilines is 6. The van der Waals surface area contributed by atoms with Gasteiger partial charge in [-0.2, -0.15) is 0 Å². The minimum absolute atomic E-state index is 0.0187. The summed E-state index contributed by atoms with van der Waals surface area (Å²) in [5.74, 6) is 3.06. The predicted octanol–water partition coefficient (Wildman–Crippen LogP) is 17.6. The number of rotatable bonds is 6. The summed E-state index contributed by atoms with van der Waals surface area (Å²) in [7, 11) is 0. The topological polar surface area (TPSA) is 6.48 Å². The van der Waals surface area contributed by atoms with Crippen LogP contribution in [0.2, 0.25) is 0 Å². The van der Waals surface area contributed by atoms with Gasteiger partial charge in [0.1, 0.15) is 0 Å². The molecule has 0 aromatic heterocycles. The zero-order valence-electron chi connectivity index (χ0n) is 37.8. The molecule has 0 radical (unpaired) electrons. The summed E-state index contributed by atoms with van der Waals surface area (Å²) >= 11 is 0. The fraction of sp³-hybridized carbons (Fsp3) is 0.156. The molecule has 2 heteroatoms. The van der Waals surface area contributed by atoms with Gasteiger partial charge in [-0.05, 0) is 182 Å². The molecular weight excluding hydrogens is 797 g/mol. The Morgan fingerprint density at radius 3 is 1.55 bits per heavy atom. The first kappa shape index (κ1) is 35.9. The first-order chi connectivity index (χ1) is 33.1. The second kappa shape index (κ2) is 13.8. The van der Waals surface area contributed by atoms with Crippen LogP contribution in [-0.4, -0.2) is 0 Å². The van der Waals surface area contributed by atoms with Crippen molar-refractivity contribution < 1.29 is 1.37 Å². The van der Waals surface area contributed by atoms with Crippen molar-refractivity contribution >= 4 is 88.0 Å². The highest BCUT2D eigenvalue weighted by molar-refractivity contribution is 6.28. The third kappa shape index (κ3) is 5.08. The SMILES string of the molecule is [2H]c1ccc2c(c1)C1(c3ccc(N(c4ccccc4)c4ccc5ccc6c(N(c7ccccc7)c7ccc8c(ccc9ccccc98)c7)ccc7ccc4c5c76)cc3-2)C2CC3CC(C2)CC1C3. The highest BCUT2D eigenvalue weighted by atomic mass is 15.1. The number of hydrogen-bond acceptors (Lipinski definition) is 2. The molecule has 11 aromatic carbocycles. The molecule has 0 heterocycles. The molecule has 0 aliphatic heterocycles. The van der Waals surface area contributed by atoms with Gasteiger partial charge in [-0.25, -0.2) is 0 Å². The van der Waals surface area contributed by atoms with E-state index in [1.807, 2.05) is 6.07 Å². The molecule has 0 atom stereocenters. The van der Waals surface area contributed by atoms with Crippen LogP contribution in [0.15, 0.2) is 206 Å². The highest BCUT2D eigenvalue weighted by Gasteiger charge is 2.61. The Kier molecular flexibility index (Phi) is 7.50. The first-order valence-corrected chi connectivity index (χ1v) is 24.2. The second-order valence-corrected chi connectivity index (χ2v) is 20.0. The summed E-state index contributed by atoms with van der Waals surface area (Å²) in [6.45, 7) is 0. The van der Waals surface area contributed by atoms with Crippen LogP contribution in [0.5, 0.6) is 0 Å².